The average molecular weight is 462 g/mol. The highest BCUT2D eigenvalue weighted by atomic mass is 35.5. The summed E-state index contributed by atoms with van der Waals surface area (Å²) < 4.78 is 15.9. The summed E-state index contributed by atoms with van der Waals surface area (Å²) in [5.41, 5.74) is 0.216. The van der Waals surface area contributed by atoms with E-state index in [1.165, 1.54) is 57.2 Å². The van der Waals surface area contributed by atoms with Crippen LogP contribution in [0.1, 0.15) is 38.1 Å². The average Bonchev–Trinajstić information content (AvgIpc) is 3.14. The predicted molar refractivity (Wildman–Crippen MR) is 110 cm³/mol. The number of carbonyl (C=O) groups excluding carboxylic acids is 3. The van der Waals surface area contributed by atoms with Gasteiger partial charge in [-0.3, -0.25) is 24.5 Å². The monoisotopic (exact) mass is 461 g/mol. The van der Waals surface area contributed by atoms with Gasteiger partial charge in [0.2, 0.25) is 18.0 Å². The molecule has 0 aliphatic carbocycles. The Hall–Kier alpha value is -3.99. The van der Waals surface area contributed by atoms with E-state index in [2.05, 4.69) is 5.10 Å². The molecule has 0 bridgehead atoms. The lowest BCUT2D eigenvalue weighted by atomic mass is 10.1. The number of halogens is 1. The van der Waals surface area contributed by atoms with Crippen molar-refractivity contribution in [3.8, 4) is 11.5 Å². The van der Waals surface area contributed by atoms with E-state index >= 15 is 0 Å². The van der Waals surface area contributed by atoms with Crippen molar-refractivity contribution in [3.05, 3.63) is 62.7 Å². The first-order valence-electron chi connectivity index (χ1n) is 9.07. The number of hydrogen-bond donors (Lipinski definition) is 0. The van der Waals surface area contributed by atoms with Crippen molar-refractivity contribution < 1.29 is 33.5 Å². The maximum absolute atomic E-state index is 12.1. The van der Waals surface area contributed by atoms with Gasteiger partial charge in [0.15, 0.2) is 11.5 Å². The van der Waals surface area contributed by atoms with E-state index in [0.717, 1.165) is 5.01 Å². The number of nitro groups is 1. The van der Waals surface area contributed by atoms with E-state index < -0.39 is 29.0 Å². The summed E-state index contributed by atoms with van der Waals surface area (Å²) in [7, 11) is 0. The fraction of sp³-hybridized carbons (Fsp3) is 0.200. The van der Waals surface area contributed by atoms with Crippen LogP contribution in [0, 0.1) is 10.1 Å². The molecule has 0 aromatic heterocycles. The highest BCUT2D eigenvalue weighted by molar-refractivity contribution is 6.32. The lowest BCUT2D eigenvalue weighted by Crippen LogP contribution is -2.25. The Morgan fingerprint density at radius 1 is 1.06 bits per heavy atom. The number of benzene rings is 2. The van der Waals surface area contributed by atoms with Crippen LogP contribution < -0.4 is 9.47 Å². The standard InChI is InChI=1S/C20H16ClN3O8/c1-10(25)23-20(14-4-6-15(21)16(8-14)24(28)29)32-19(22-23)13-5-7-17(30-11(2)26)18(9-13)31-12(3)27/h4-9,20H,1-3H3. The van der Waals surface area contributed by atoms with Gasteiger partial charge in [0.25, 0.3) is 5.69 Å². The highest BCUT2D eigenvalue weighted by Crippen LogP contribution is 2.36. The molecule has 0 fully saturated rings. The number of carbonyl (C=O) groups is 3. The smallest absolute Gasteiger partial charge is 0.308 e. The van der Waals surface area contributed by atoms with Crippen molar-refractivity contribution in [1.29, 1.82) is 0 Å². The van der Waals surface area contributed by atoms with Gasteiger partial charge in [-0.2, -0.15) is 5.01 Å². The molecule has 0 N–H and O–H groups in total. The molecule has 1 heterocycles. The molecule has 1 unspecified atom stereocenters. The fourth-order valence-corrected chi connectivity index (χ4v) is 3.02. The third-order valence-electron chi connectivity index (χ3n) is 4.12. The van der Waals surface area contributed by atoms with Gasteiger partial charge in [-0.15, -0.1) is 5.10 Å². The number of hydrazone groups is 1. The van der Waals surface area contributed by atoms with Crippen molar-refractivity contribution in [2.24, 2.45) is 5.10 Å². The molecule has 0 radical (unpaired) electrons. The van der Waals surface area contributed by atoms with E-state index in [1.807, 2.05) is 0 Å². The van der Waals surface area contributed by atoms with E-state index in [1.54, 1.807) is 0 Å². The first-order chi connectivity index (χ1) is 15.1. The summed E-state index contributed by atoms with van der Waals surface area (Å²) in [6.45, 7) is 3.62. The Labute approximate surface area is 186 Å². The molecule has 1 amide bonds. The van der Waals surface area contributed by atoms with Gasteiger partial charge in [-0.25, -0.2) is 0 Å². The predicted octanol–water partition coefficient (Wildman–Crippen LogP) is 3.34. The largest absolute Gasteiger partial charge is 0.446 e. The molecule has 2 aromatic rings. The number of amides is 1. The van der Waals surface area contributed by atoms with Gasteiger partial charge in [-0.1, -0.05) is 17.7 Å². The summed E-state index contributed by atoms with van der Waals surface area (Å²) in [6, 6.07) is 8.19. The normalized spacial score (nSPS) is 14.9. The molecule has 12 heteroatoms. The lowest BCUT2D eigenvalue weighted by molar-refractivity contribution is -0.384. The maximum atomic E-state index is 12.1. The minimum Gasteiger partial charge on any atom is -0.446 e. The molecular formula is C20H16ClN3O8. The lowest BCUT2D eigenvalue weighted by Gasteiger charge is -2.19. The minimum atomic E-state index is -1.09. The number of rotatable bonds is 5. The molecule has 2 aromatic carbocycles. The van der Waals surface area contributed by atoms with Gasteiger partial charge in [0.1, 0.15) is 5.02 Å². The van der Waals surface area contributed by atoms with Crippen LogP contribution in [0.2, 0.25) is 5.02 Å². The fourth-order valence-electron chi connectivity index (χ4n) is 2.84. The second-order valence-electron chi connectivity index (χ2n) is 6.56. The van der Waals surface area contributed by atoms with Crippen molar-refractivity contribution in [3.63, 3.8) is 0 Å². The Kier molecular flexibility index (Phi) is 6.40. The Morgan fingerprint density at radius 2 is 1.72 bits per heavy atom. The topological polar surface area (TPSA) is 138 Å². The molecule has 1 atom stereocenters. The van der Waals surface area contributed by atoms with Crippen molar-refractivity contribution in [2.75, 3.05) is 0 Å². The molecule has 0 saturated heterocycles. The zero-order valence-electron chi connectivity index (χ0n) is 17.0. The van der Waals surface area contributed by atoms with Crippen LogP contribution in [-0.2, 0) is 19.1 Å². The summed E-state index contributed by atoms with van der Waals surface area (Å²) >= 11 is 5.86. The second-order valence-corrected chi connectivity index (χ2v) is 6.96. The molecule has 0 saturated carbocycles. The molecular weight excluding hydrogens is 446 g/mol. The van der Waals surface area contributed by atoms with Gasteiger partial charge in [-0.05, 0) is 24.3 Å². The van der Waals surface area contributed by atoms with Gasteiger partial charge >= 0.3 is 11.9 Å². The highest BCUT2D eigenvalue weighted by Gasteiger charge is 2.34. The minimum absolute atomic E-state index is 0.00310. The van der Waals surface area contributed by atoms with Crippen LogP contribution >= 0.6 is 11.6 Å². The molecule has 166 valence electrons. The van der Waals surface area contributed by atoms with Crippen LogP contribution in [-0.4, -0.2) is 33.7 Å². The first kappa shape index (κ1) is 22.7. The third kappa shape index (κ3) is 4.83. The van der Waals surface area contributed by atoms with Crippen LogP contribution in [0.3, 0.4) is 0 Å². The van der Waals surface area contributed by atoms with Crippen LogP contribution in [0.5, 0.6) is 11.5 Å². The van der Waals surface area contributed by atoms with Crippen molar-refractivity contribution >= 4 is 41.0 Å². The Balaban J connectivity index is 1.99. The van der Waals surface area contributed by atoms with E-state index in [4.69, 9.17) is 25.8 Å². The quantitative estimate of drug-likeness (QED) is 0.286. The van der Waals surface area contributed by atoms with Gasteiger partial charge in [0.05, 0.1) is 4.92 Å². The van der Waals surface area contributed by atoms with Gasteiger partial charge < -0.3 is 14.2 Å². The summed E-state index contributed by atoms with van der Waals surface area (Å²) in [5, 5.41) is 16.3. The molecule has 0 spiro atoms. The molecule has 1 aliphatic rings. The molecule has 32 heavy (non-hydrogen) atoms. The van der Waals surface area contributed by atoms with E-state index in [0.29, 0.717) is 5.56 Å². The molecule has 11 nitrogen and oxygen atoms in total. The van der Waals surface area contributed by atoms with Crippen LogP contribution in [0.15, 0.2) is 41.5 Å². The SMILES string of the molecule is CC(=O)Oc1ccc(C2=NN(C(C)=O)C(c3ccc(Cl)c([N+](=O)[O-])c3)O2)cc1OC(C)=O. The van der Waals surface area contributed by atoms with E-state index in [9.17, 15) is 24.5 Å². The zero-order valence-corrected chi connectivity index (χ0v) is 17.8. The summed E-state index contributed by atoms with van der Waals surface area (Å²) in [6.07, 6.45) is -1.09. The molecule has 1 aliphatic heterocycles. The number of hydrogen-bond acceptors (Lipinski definition) is 9. The van der Waals surface area contributed by atoms with Gasteiger partial charge in [0, 0.05) is 38.0 Å². The number of nitro benzene ring substituents is 1. The number of ether oxygens (including phenoxy) is 3. The number of esters is 2. The van der Waals surface area contributed by atoms with Crippen molar-refractivity contribution in [1.82, 2.24) is 5.01 Å². The summed E-state index contributed by atoms with van der Waals surface area (Å²) in [4.78, 5) is 45.4. The second kappa shape index (κ2) is 9.02. The maximum Gasteiger partial charge on any atom is 0.308 e. The Morgan fingerprint density at radius 3 is 2.31 bits per heavy atom. The Bertz CT molecular complexity index is 1160. The first-order valence-corrected chi connectivity index (χ1v) is 9.44. The van der Waals surface area contributed by atoms with E-state index in [-0.39, 0.29) is 33.7 Å². The van der Waals surface area contributed by atoms with Crippen LogP contribution in [0.25, 0.3) is 0 Å². The summed E-state index contributed by atoms with van der Waals surface area (Å²) in [5.74, 6) is -1.83. The molecule has 3 rings (SSSR count). The van der Waals surface area contributed by atoms with Crippen LogP contribution in [0.4, 0.5) is 5.69 Å². The zero-order chi connectivity index (χ0) is 23.6. The van der Waals surface area contributed by atoms with Crippen molar-refractivity contribution in [2.45, 2.75) is 27.0 Å². The third-order valence-corrected chi connectivity index (χ3v) is 4.44. The number of nitrogens with zero attached hydrogens (tertiary/aromatic N) is 3.